The Bertz CT molecular complexity index is 392. The summed E-state index contributed by atoms with van der Waals surface area (Å²) < 4.78 is 0. The minimum atomic E-state index is 0.948. The molecule has 1 heterocycles. The van der Waals surface area contributed by atoms with Crippen LogP contribution >= 0.6 is 11.3 Å². The largest absolute Gasteiger partial charge is 0.316 e. The predicted octanol–water partition coefficient (Wildman–Crippen LogP) is 3.13. The normalized spacial score (nSPS) is 10.4. The maximum atomic E-state index is 3.16. The summed E-state index contributed by atoms with van der Waals surface area (Å²) in [6.45, 7) is 0.948. The van der Waals surface area contributed by atoms with Gasteiger partial charge in [-0.2, -0.15) is 0 Å². The van der Waals surface area contributed by atoms with Gasteiger partial charge in [0.2, 0.25) is 0 Å². The summed E-state index contributed by atoms with van der Waals surface area (Å²) in [6, 6.07) is 12.7. The van der Waals surface area contributed by atoms with Crippen LogP contribution in [-0.2, 0) is 6.54 Å². The molecule has 2 rings (SSSR count). The van der Waals surface area contributed by atoms with Gasteiger partial charge in [0.05, 0.1) is 0 Å². The molecule has 0 aliphatic rings. The van der Waals surface area contributed by atoms with Gasteiger partial charge in [0.25, 0.3) is 0 Å². The van der Waals surface area contributed by atoms with Crippen LogP contribution in [0.3, 0.4) is 0 Å². The molecule has 2 aromatic rings. The molecule has 1 aromatic heterocycles. The summed E-state index contributed by atoms with van der Waals surface area (Å²) in [5.74, 6) is 0. The van der Waals surface area contributed by atoms with Crippen molar-refractivity contribution in [2.24, 2.45) is 0 Å². The van der Waals surface area contributed by atoms with Crippen molar-refractivity contribution in [2.45, 2.75) is 6.54 Å². The summed E-state index contributed by atoms with van der Waals surface area (Å²) in [6.07, 6.45) is 0. The second-order valence-electron chi connectivity index (χ2n) is 3.22. The zero-order chi connectivity index (χ0) is 9.80. The number of hydrogen-bond acceptors (Lipinski definition) is 2. The Morgan fingerprint density at radius 2 is 2.00 bits per heavy atom. The lowest BCUT2D eigenvalue weighted by molar-refractivity contribution is 0.821. The molecule has 1 N–H and O–H groups in total. The van der Waals surface area contributed by atoms with Crippen molar-refractivity contribution in [3.8, 4) is 10.4 Å². The molecule has 0 saturated heterocycles. The van der Waals surface area contributed by atoms with Gasteiger partial charge in [-0.3, -0.25) is 0 Å². The van der Waals surface area contributed by atoms with Crippen LogP contribution in [0.1, 0.15) is 5.56 Å². The smallest absolute Gasteiger partial charge is 0.0346 e. The molecule has 0 bridgehead atoms. The van der Waals surface area contributed by atoms with Gasteiger partial charge in [0, 0.05) is 11.4 Å². The number of hydrogen-bond donors (Lipinski definition) is 1. The summed E-state index contributed by atoms with van der Waals surface area (Å²) >= 11 is 1.80. The van der Waals surface area contributed by atoms with E-state index in [1.54, 1.807) is 11.3 Å². The van der Waals surface area contributed by atoms with Crippen molar-refractivity contribution in [3.05, 3.63) is 47.3 Å². The molecule has 0 aliphatic heterocycles. The van der Waals surface area contributed by atoms with E-state index >= 15 is 0 Å². The summed E-state index contributed by atoms with van der Waals surface area (Å²) in [5, 5.41) is 5.36. The minimum Gasteiger partial charge on any atom is -0.316 e. The van der Waals surface area contributed by atoms with Gasteiger partial charge in [-0.05, 0) is 29.6 Å². The zero-order valence-corrected chi connectivity index (χ0v) is 8.97. The van der Waals surface area contributed by atoms with Crippen molar-refractivity contribution in [1.29, 1.82) is 0 Å². The SMILES string of the molecule is CNCc1csc(-c2ccccc2)c1. The third-order valence-corrected chi connectivity index (χ3v) is 3.12. The van der Waals surface area contributed by atoms with Gasteiger partial charge in [-0.25, -0.2) is 0 Å². The lowest BCUT2D eigenvalue weighted by atomic mass is 10.2. The Hall–Kier alpha value is -1.12. The first kappa shape index (κ1) is 9.44. The van der Waals surface area contributed by atoms with Crippen molar-refractivity contribution in [1.82, 2.24) is 5.32 Å². The van der Waals surface area contributed by atoms with Crippen molar-refractivity contribution in [2.75, 3.05) is 7.05 Å². The minimum absolute atomic E-state index is 0.948. The lowest BCUT2D eigenvalue weighted by Gasteiger charge is -1.95. The third-order valence-electron chi connectivity index (χ3n) is 2.09. The van der Waals surface area contributed by atoms with Crippen LogP contribution in [0.25, 0.3) is 10.4 Å². The number of thiophene rings is 1. The van der Waals surface area contributed by atoms with E-state index in [2.05, 4.69) is 41.0 Å². The quantitative estimate of drug-likeness (QED) is 0.808. The average Bonchev–Trinajstić information content (AvgIpc) is 2.68. The number of nitrogens with one attached hydrogen (secondary N) is 1. The number of benzene rings is 1. The van der Waals surface area contributed by atoms with Gasteiger partial charge in [-0.15, -0.1) is 11.3 Å². The second kappa shape index (κ2) is 4.40. The van der Waals surface area contributed by atoms with Crippen molar-refractivity contribution in [3.63, 3.8) is 0 Å². The van der Waals surface area contributed by atoms with Crippen LogP contribution in [0.2, 0.25) is 0 Å². The Balaban J connectivity index is 2.25. The van der Waals surface area contributed by atoms with E-state index in [1.807, 2.05) is 13.1 Å². The van der Waals surface area contributed by atoms with Crippen LogP contribution in [0, 0.1) is 0 Å². The maximum Gasteiger partial charge on any atom is 0.0346 e. The molecule has 0 fully saturated rings. The Labute approximate surface area is 88.4 Å². The van der Waals surface area contributed by atoms with E-state index in [9.17, 15) is 0 Å². The van der Waals surface area contributed by atoms with E-state index in [-0.39, 0.29) is 0 Å². The zero-order valence-electron chi connectivity index (χ0n) is 8.16. The van der Waals surface area contributed by atoms with Gasteiger partial charge in [-0.1, -0.05) is 30.3 Å². The van der Waals surface area contributed by atoms with E-state index in [4.69, 9.17) is 0 Å². The molecule has 0 spiro atoms. The summed E-state index contributed by atoms with van der Waals surface area (Å²) in [5.41, 5.74) is 2.66. The molecule has 1 nitrogen and oxygen atoms in total. The monoisotopic (exact) mass is 203 g/mol. The molecule has 1 aromatic carbocycles. The Kier molecular flexibility index (Phi) is 2.96. The van der Waals surface area contributed by atoms with Crippen LogP contribution in [-0.4, -0.2) is 7.05 Å². The van der Waals surface area contributed by atoms with Gasteiger partial charge < -0.3 is 5.32 Å². The molecule has 0 atom stereocenters. The molecular formula is C12H13NS. The molecule has 14 heavy (non-hydrogen) atoms. The van der Waals surface area contributed by atoms with Crippen molar-refractivity contribution < 1.29 is 0 Å². The molecule has 0 amide bonds. The first-order valence-corrected chi connectivity index (χ1v) is 5.55. The fraction of sp³-hybridized carbons (Fsp3) is 0.167. The maximum absolute atomic E-state index is 3.16. The lowest BCUT2D eigenvalue weighted by Crippen LogP contribution is -2.03. The highest BCUT2D eigenvalue weighted by molar-refractivity contribution is 7.13. The topological polar surface area (TPSA) is 12.0 Å². The van der Waals surface area contributed by atoms with E-state index in [0.717, 1.165) is 6.54 Å². The molecule has 0 unspecified atom stereocenters. The van der Waals surface area contributed by atoms with Gasteiger partial charge in [0.15, 0.2) is 0 Å². The van der Waals surface area contributed by atoms with Crippen LogP contribution in [0.15, 0.2) is 41.8 Å². The van der Waals surface area contributed by atoms with Crippen LogP contribution in [0.4, 0.5) is 0 Å². The molecular weight excluding hydrogens is 190 g/mol. The van der Waals surface area contributed by atoms with Crippen molar-refractivity contribution >= 4 is 11.3 Å². The Morgan fingerprint density at radius 3 is 2.71 bits per heavy atom. The van der Waals surface area contributed by atoms with E-state index < -0.39 is 0 Å². The summed E-state index contributed by atoms with van der Waals surface area (Å²) in [7, 11) is 1.97. The molecule has 72 valence electrons. The molecule has 2 heteroatoms. The first-order valence-electron chi connectivity index (χ1n) is 4.67. The molecule has 0 aliphatic carbocycles. The van der Waals surface area contributed by atoms with E-state index in [0.29, 0.717) is 0 Å². The third kappa shape index (κ3) is 2.03. The highest BCUT2D eigenvalue weighted by Crippen LogP contribution is 2.26. The average molecular weight is 203 g/mol. The first-order chi connectivity index (χ1) is 6.90. The molecule has 0 radical (unpaired) electrons. The summed E-state index contributed by atoms with van der Waals surface area (Å²) in [4.78, 5) is 1.34. The fourth-order valence-electron chi connectivity index (χ4n) is 1.43. The van der Waals surface area contributed by atoms with Gasteiger partial charge in [0.1, 0.15) is 0 Å². The molecule has 0 saturated carbocycles. The highest BCUT2D eigenvalue weighted by Gasteiger charge is 2.00. The van der Waals surface area contributed by atoms with Crippen LogP contribution < -0.4 is 5.32 Å². The Morgan fingerprint density at radius 1 is 1.21 bits per heavy atom. The fourth-order valence-corrected chi connectivity index (χ4v) is 2.35. The van der Waals surface area contributed by atoms with Crippen LogP contribution in [0.5, 0.6) is 0 Å². The van der Waals surface area contributed by atoms with E-state index in [1.165, 1.54) is 16.0 Å². The second-order valence-corrected chi connectivity index (χ2v) is 4.13. The highest BCUT2D eigenvalue weighted by atomic mass is 32.1. The standard InChI is InChI=1S/C12H13NS/c1-13-8-10-7-12(14-9-10)11-5-3-2-4-6-11/h2-7,9,13H,8H2,1H3. The number of rotatable bonds is 3. The predicted molar refractivity (Wildman–Crippen MR) is 62.5 cm³/mol. The van der Waals surface area contributed by atoms with Gasteiger partial charge >= 0.3 is 0 Å².